The molecule has 1 aromatic heterocycles. The van der Waals surface area contributed by atoms with Crippen LogP contribution in [0.15, 0.2) is 12.3 Å². The molecule has 1 aromatic rings. The van der Waals surface area contributed by atoms with Gasteiger partial charge in [0.2, 0.25) is 0 Å². The predicted molar refractivity (Wildman–Crippen MR) is 49.2 cm³/mol. The van der Waals surface area contributed by atoms with Gasteiger partial charge in [0.1, 0.15) is 5.69 Å². The SMILES string of the molecule is CC1(F)COC(O)(O)c2ncc(N)cc21. The molecule has 5 nitrogen and oxygen atoms in total. The van der Waals surface area contributed by atoms with Gasteiger partial charge in [0, 0.05) is 5.56 Å². The van der Waals surface area contributed by atoms with Crippen molar-refractivity contribution in [3.8, 4) is 0 Å². The molecule has 0 radical (unpaired) electrons. The fraction of sp³-hybridized carbons (Fsp3) is 0.444. The summed E-state index contributed by atoms with van der Waals surface area (Å²) >= 11 is 0. The molecule has 6 heteroatoms. The highest BCUT2D eigenvalue weighted by Gasteiger charge is 2.45. The largest absolute Gasteiger partial charge is 0.397 e. The smallest absolute Gasteiger partial charge is 0.325 e. The molecular formula is C9H11FN2O3. The van der Waals surface area contributed by atoms with E-state index in [2.05, 4.69) is 9.72 Å². The van der Waals surface area contributed by atoms with Crippen molar-refractivity contribution in [1.82, 2.24) is 4.98 Å². The highest BCUT2D eigenvalue weighted by Crippen LogP contribution is 2.39. The summed E-state index contributed by atoms with van der Waals surface area (Å²) in [5.74, 6) is -2.55. The van der Waals surface area contributed by atoms with E-state index in [4.69, 9.17) is 5.73 Å². The third-order valence-electron chi connectivity index (χ3n) is 2.32. The molecule has 0 fully saturated rings. The van der Waals surface area contributed by atoms with Crippen LogP contribution < -0.4 is 5.73 Å². The minimum atomic E-state index is -2.55. The number of hydrogen-bond donors (Lipinski definition) is 3. The van der Waals surface area contributed by atoms with E-state index in [1.807, 2.05) is 0 Å². The molecule has 1 unspecified atom stereocenters. The Balaban J connectivity index is 2.64. The first-order chi connectivity index (χ1) is 6.83. The summed E-state index contributed by atoms with van der Waals surface area (Å²) in [5, 5.41) is 18.8. The monoisotopic (exact) mass is 214 g/mol. The molecule has 82 valence electrons. The second-order valence-electron chi connectivity index (χ2n) is 3.76. The topological polar surface area (TPSA) is 88.6 Å². The van der Waals surface area contributed by atoms with Gasteiger partial charge in [-0.1, -0.05) is 0 Å². The molecule has 4 N–H and O–H groups in total. The maximum Gasteiger partial charge on any atom is 0.325 e. The average Bonchev–Trinajstić information content (AvgIpc) is 2.13. The quantitative estimate of drug-likeness (QED) is 0.528. The average molecular weight is 214 g/mol. The minimum absolute atomic E-state index is 0.0405. The van der Waals surface area contributed by atoms with Crippen LogP contribution in [0.5, 0.6) is 0 Å². The van der Waals surface area contributed by atoms with Crippen LogP contribution >= 0.6 is 0 Å². The summed E-state index contributed by atoms with van der Waals surface area (Å²) in [5.41, 5.74) is 3.68. The Morgan fingerprint density at radius 1 is 1.60 bits per heavy atom. The van der Waals surface area contributed by atoms with Crippen molar-refractivity contribution < 1.29 is 19.3 Å². The number of alkyl halides is 1. The lowest BCUT2D eigenvalue weighted by atomic mass is 9.93. The third-order valence-corrected chi connectivity index (χ3v) is 2.32. The van der Waals surface area contributed by atoms with Crippen LogP contribution in [0, 0.1) is 0 Å². The summed E-state index contributed by atoms with van der Waals surface area (Å²) in [4.78, 5) is 3.68. The van der Waals surface area contributed by atoms with Crippen molar-refractivity contribution in [1.29, 1.82) is 0 Å². The molecule has 1 aliphatic rings. The van der Waals surface area contributed by atoms with E-state index < -0.39 is 18.2 Å². The van der Waals surface area contributed by atoms with Crippen molar-refractivity contribution in [3.05, 3.63) is 23.5 Å². The standard InChI is InChI=1S/C9H11FN2O3/c1-8(10)4-15-9(13,14)7-6(8)2-5(11)3-12-7/h2-3,13-14H,4,11H2,1H3. The normalized spacial score (nSPS) is 28.5. The highest BCUT2D eigenvalue weighted by atomic mass is 19.1. The second-order valence-corrected chi connectivity index (χ2v) is 3.76. The van der Waals surface area contributed by atoms with Crippen molar-refractivity contribution in [2.45, 2.75) is 18.6 Å². The zero-order valence-electron chi connectivity index (χ0n) is 8.07. The lowest BCUT2D eigenvalue weighted by molar-refractivity contribution is -0.369. The number of aromatic nitrogens is 1. The predicted octanol–water partition coefficient (Wildman–Crippen LogP) is -0.0264. The van der Waals surface area contributed by atoms with Crippen LogP contribution in [-0.4, -0.2) is 21.8 Å². The van der Waals surface area contributed by atoms with Gasteiger partial charge in [-0.3, -0.25) is 4.98 Å². The van der Waals surface area contributed by atoms with E-state index >= 15 is 0 Å². The van der Waals surface area contributed by atoms with Crippen molar-refractivity contribution >= 4 is 5.69 Å². The molecule has 0 saturated carbocycles. The lowest BCUT2D eigenvalue weighted by Crippen LogP contribution is -2.43. The van der Waals surface area contributed by atoms with Gasteiger partial charge in [-0.2, -0.15) is 0 Å². The van der Waals surface area contributed by atoms with E-state index in [0.717, 1.165) is 0 Å². The van der Waals surface area contributed by atoms with Gasteiger partial charge in [-0.25, -0.2) is 4.39 Å². The Kier molecular flexibility index (Phi) is 1.97. The van der Waals surface area contributed by atoms with Gasteiger partial charge in [-0.15, -0.1) is 0 Å². The number of ether oxygens (including phenoxy) is 1. The van der Waals surface area contributed by atoms with Gasteiger partial charge in [-0.05, 0) is 13.0 Å². The Morgan fingerprint density at radius 2 is 2.27 bits per heavy atom. The van der Waals surface area contributed by atoms with Crippen LogP contribution in [-0.2, 0) is 16.4 Å². The second kappa shape index (κ2) is 2.88. The van der Waals surface area contributed by atoms with E-state index in [-0.39, 0.29) is 16.9 Å². The number of anilines is 1. The van der Waals surface area contributed by atoms with Gasteiger partial charge in [0.25, 0.3) is 0 Å². The number of rotatable bonds is 0. The number of nitrogen functional groups attached to an aromatic ring is 1. The zero-order valence-corrected chi connectivity index (χ0v) is 8.07. The molecule has 2 heterocycles. The van der Waals surface area contributed by atoms with Gasteiger partial charge in [0.05, 0.1) is 18.5 Å². The first-order valence-corrected chi connectivity index (χ1v) is 4.37. The molecule has 0 aliphatic carbocycles. The fourth-order valence-corrected chi connectivity index (χ4v) is 1.52. The summed E-state index contributed by atoms with van der Waals surface area (Å²) in [7, 11) is 0. The van der Waals surface area contributed by atoms with Gasteiger partial charge >= 0.3 is 5.97 Å². The number of nitrogens with two attached hydrogens (primary N) is 1. The number of fused-ring (bicyclic) bond motifs is 1. The van der Waals surface area contributed by atoms with Crippen LogP contribution in [0.3, 0.4) is 0 Å². The number of nitrogens with zero attached hydrogens (tertiary/aromatic N) is 1. The lowest BCUT2D eigenvalue weighted by Gasteiger charge is -2.35. The molecule has 0 saturated heterocycles. The van der Waals surface area contributed by atoms with Crippen molar-refractivity contribution in [2.24, 2.45) is 0 Å². The molecular weight excluding hydrogens is 203 g/mol. The highest BCUT2D eigenvalue weighted by molar-refractivity contribution is 5.44. The Labute approximate surface area is 85.3 Å². The fourth-order valence-electron chi connectivity index (χ4n) is 1.52. The Hall–Kier alpha value is -1.24. The Morgan fingerprint density at radius 3 is 2.93 bits per heavy atom. The molecule has 15 heavy (non-hydrogen) atoms. The summed E-state index contributed by atoms with van der Waals surface area (Å²) < 4.78 is 18.5. The van der Waals surface area contributed by atoms with Gasteiger partial charge in [0.15, 0.2) is 5.67 Å². The first kappa shape index (κ1) is 10.3. The van der Waals surface area contributed by atoms with Crippen LogP contribution in [0.1, 0.15) is 18.2 Å². The molecule has 0 spiro atoms. The maximum atomic E-state index is 13.9. The number of hydrogen-bond acceptors (Lipinski definition) is 5. The summed E-state index contributed by atoms with van der Waals surface area (Å²) in [6.45, 7) is 0.806. The summed E-state index contributed by atoms with van der Waals surface area (Å²) in [6.07, 6.45) is 1.21. The van der Waals surface area contributed by atoms with Crippen LogP contribution in [0.25, 0.3) is 0 Å². The molecule has 2 rings (SSSR count). The van der Waals surface area contributed by atoms with E-state index in [1.54, 1.807) is 0 Å². The molecule has 1 atom stereocenters. The zero-order chi connectivity index (χ0) is 11.3. The number of pyridine rings is 1. The molecule has 1 aliphatic heterocycles. The Bertz CT molecular complexity index is 406. The number of halogens is 1. The van der Waals surface area contributed by atoms with Crippen LogP contribution in [0.4, 0.5) is 10.1 Å². The van der Waals surface area contributed by atoms with Crippen LogP contribution in [0.2, 0.25) is 0 Å². The maximum absolute atomic E-state index is 13.9. The minimum Gasteiger partial charge on any atom is -0.397 e. The van der Waals surface area contributed by atoms with E-state index in [0.29, 0.717) is 0 Å². The van der Waals surface area contributed by atoms with E-state index in [1.165, 1.54) is 19.2 Å². The first-order valence-electron chi connectivity index (χ1n) is 4.37. The van der Waals surface area contributed by atoms with E-state index in [9.17, 15) is 14.6 Å². The summed E-state index contributed by atoms with van der Waals surface area (Å²) in [6, 6.07) is 1.33. The number of aliphatic hydroxyl groups is 2. The third kappa shape index (κ3) is 1.56. The van der Waals surface area contributed by atoms with Crippen molar-refractivity contribution in [3.63, 3.8) is 0 Å². The molecule has 0 amide bonds. The van der Waals surface area contributed by atoms with Crippen molar-refractivity contribution in [2.75, 3.05) is 12.3 Å². The van der Waals surface area contributed by atoms with Gasteiger partial charge < -0.3 is 20.7 Å². The molecule has 0 bridgehead atoms. The molecule has 0 aromatic carbocycles.